The van der Waals surface area contributed by atoms with Gasteiger partial charge in [0.15, 0.2) is 23.0 Å². The van der Waals surface area contributed by atoms with Crippen LogP contribution in [-0.2, 0) is 11.4 Å². The van der Waals surface area contributed by atoms with E-state index in [-0.39, 0.29) is 25.6 Å². The molecule has 3 aromatic carbocycles. The molecule has 1 aliphatic heterocycles. The lowest BCUT2D eigenvalue weighted by Gasteiger charge is -2.12. The van der Waals surface area contributed by atoms with E-state index in [9.17, 15) is 19.7 Å². The number of nitro benzene ring substituents is 1. The number of ether oxygens (including phenoxy) is 4. The van der Waals surface area contributed by atoms with E-state index in [0.717, 1.165) is 5.56 Å². The minimum Gasteiger partial charge on any atom is -0.490 e. The topological polar surface area (TPSA) is 151 Å². The van der Waals surface area contributed by atoms with Crippen LogP contribution in [0.1, 0.15) is 28.4 Å². The van der Waals surface area contributed by atoms with Crippen molar-refractivity contribution in [1.82, 2.24) is 10.7 Å². The first-order valence-corrected chi connectivity index (χ1v) is 11.6. The van der Waals surface area contributed by atoms with E-state index in [4.69, 9.17) is 18.9 Å². The van der Waals surface area contributed by atoms with Crippen LogP contribution in [-0.4, -0.2) is 42.9 Å². The van der Waals surface area contributed by atoms with E-state index in [1.807, 2.05) is 6.92 Å². The lowest BCUT2D eigenvalue weighted by atomic mass is 10.2. The Morgan fingerprint density at radius 3 is 2.58 bits per heavy atom. The maximum absolute atomic E-state index is 12.3. The van der Waals surface area contributed by atoms with Crippen molar-refractivity contribution < 1.29 is 33.5 Å². The zero-order valence-electron chi connectivity index (χ0n) is 20.3. The number of nitro groups is 1. The fourth-order valence-corrected chi connectivity index (χ4v) is 3.39. The van der Waals surface area contributed by atoms with E-state index >= 15 is 0 Å². The summed E-state index contributed by atoms with van der Waals surface area (Å²) in [5.41, 5.74) is 4.10. The van der Waals surface area contributed by atoms with Gasteiger partial charge < -0.3 is 24.3 Å². The maximum atomic E-state index is 12.3. The summed E-state index contributed by atoms with van der Waals surface area (Å²) in [5.74, 6) is 1.04. The predicted octanol–water partition coefficient (Wildman–Crippen LogP) is 3.18. The van der Waals surface area contributed by atoms with Crippen molar-refractivity contribution in [1.29, 1.82) is 0 Å². The van der Waals surface area contributed by atoms with Gasteiger partial charge in [0.1, 0.15) is 6.61 Å². The summed E-state index contributed by atoms with van der Waals surface area (Å²) in [6.45, 7) is 2.25. The van der Waals surface area contributed by atoms with Gasteiger partial charge in [0.25, 0.3) is 17.5 Å². The number of carbonyl (C=O) groups excluding carboxylic acids is 2. The van der Waals surface area contributed by atoms with E-state index in [1.54, 1.807) is 48.5 Å². The third kappa shape index (κ3) is 6.75. The number of non-ortho nitro benzene ring substituents is 1. The smallest absolute Gasteiger partial charge is 0.269 e. The molecule has 0 bridgehead atoms. The van der Waals surface area contributed by atoms with Crippen molar-refractivity contribution in [2.75, 3.05) is 19.9 Å². The molecule has 0 unspecified atom stereocenters. The van der Waals surface area contributed by atoms with Crippen LogP contribution in [0.15, 0.2) is 65.8 Å². The monoisotopic (exact) mass is 520 g/mol. The highest BCUT2D eigenvalue weighted by atomic mass is 16.7. The SMILES string of the molecule is CCOc1cc(C=NNC(=O)CNC(=O)c2ccc3c(c2)OCO3)ccc1OCc1ccc([N+](=O)[O-])cc1. The zero-order valence-corrected chi connectivity index (χ0v) is 20.3. The lowest BCUT2D eigenvalue weighted by Crippen LogP contribution is -2.34. The van der Waals surface area contributed by atoms with Crippen molar-refractivity contribution in [2.24, 2.45) is 5.10 Å². The fourth-order valence-electron chi connectivity index (χ4n) is 3.39. The van der Waals surface area contributed by atoms with Crippen molar-refractivity contribution >= 4 is 23.7 Å². The second-order valence-electron chi connectivity index (χ2n) is 7.90. The second-order valence-corrected chi connectivity index (χ2v) is 7.90. The molecule has 4 rings (SSSR count). The van der Waals surface area contributed by atoms with Gasteiger partial charge in [-0.2, -0.15) is 5.10 Å². The summed E-state index contributed by atoms with van der Waals surface area (Å²) < 4.78 is 21.9. The van der Waals surface area contributed by atoms with Crippen molar-refractivity contribution in [3.8, 4) is 23.0 Å². The highest BCUT2D eigenvalue weighted by Crippen LogP contribution is 2.32. The van der Waals surface area contributed by atoms with E-state index in [1.165, 1.54) is 18.3 Å². The zero-order chi connectivity index (χ0) is 26.9. The van der Waals surface area contributed by atoms with Gasteiger partial charge in [-0.3, -0.25) is 19.7 Å². The summed E-state index contributed by atoms with van der Waals surface area (Å²) in [6.07, 6.45) is 1.43. The van der Waals surface area contributed by atoms with E-state index in [0.29, 0.717) is 40.7 Å². The molecule has 2 N–H and O–H groups in total. The van der Waals surface area contributed by atoms with Crippen molar-refractivity contribution in [3.63, 3.8) is 0 Å². The Balaban J connectivity index is 1.28. The van der Waals surface area contributed by atoms with Crippen LogP contribution in [0.4, 0.5) is 5.69 Å². The van der Waals surface area contributed by atoms with Crippen LogP contribution < -0.4 is 29.7 Å². The Morgan fingerprint density at radius 1 is 1.03 bits per heavy atom. The molecule has 196 valence electrons. The maximum Gasteiger partial charge on any atom is 0.269 e. The molecule has 1 heterocycles. The average molecular weight is 520 g/mol. The Labute approximate surface area is 217 Å². The molecular weight excluding hydrogens is 496 g/mol. The third-order valence-corrected chi connectivity index (χ3v) is 5.26. The molecule has 0 fully saturated rings. The fraction of sp³-hybridized carbons (Fsp3) is 0.192. The summed E-state index contributed by atoms with van der Waals surface area (Å²) in [4.78, 5) is 34.7. The molecule has 0 aromatic heterocycles. The van der Waals surface area contributed by atoms with Gasteiger partial charge in [-0.15, -0.1) is 0 Å². The number of hydrogen-bond acceptors (Lipinski definition) is 9. The normalized spacial score (nSPS) is 11.7. The largest absolute Gasteiger partial charge is 0.490 e. The number of rotatable bonds is 11. The number of hydrogen-bond donors (Lipinski definition) is 2. The summed E-state index contributed by atoms with van der Waals surface area (Å²) in [7, 11) is 0. The van der Waals surface area contributed by atoms with Crippen LogP contribution in [0.5, 0.6) is 23.0 Å². The first-order valence-electron chi connectivity index (χ1n) is 11.6. The molecule has 0 spiro atoms. The highest BCUT2D eigenvalue weighted by Gasteiger charge is 2.16. The molecule has 0 saturated carbocycles. The highest BCUT2D eigenvalue weighted by molar-refractivity contribution is 5.97. The number of fused-ring (bicyclic) bond motifs is 1. The van der Waals surface area contributed by atoms with Gasteiger partial charge in [-0.05, 0) is 66.6 Å². The Bertz CT molecular complexity index is 1360. The number of carbonyl (C=O) groups is 2. The molecule has 0 atom stereocenters. The van der Waals surface area contributed by atoms with E-state index < -0.39 is 16.7 Å². The molecule has 0 radical (unpaired) electrons. The summed E-state index contributed by atoms with van der Waals surface area (Å²) >= 11 is 0. The molecule has 12 heteroatoms. The summed E-state index contributed by atoms with van der Waals surface area (Å²) in [5, 5.41) is 17.2. The Morgan fingerprint density at radius 2 is 1.82 bits per heavy atom. The van der Waals surface area contributed by atoms with Gasteiger partial charge >= 0.3 is 0 Å². The van der Waals surface area contributed by atoms with Crippen LogP contribution in [0.2, 0.25) is 0 Å². The first kappa shape index (κ1) is 25.9. The van der Waals surface area contributed by atoms with Crippen LogP contribution in [0.3, 0.4) is 0 Å². The van der Waals surface area contributed by atoms with Crippen molar-refractivity contribution in [3.05, 3.63) is 87.5 Å². The van der Waals surface area contributed by atoms with Crippen LogP contribution in [0.25, 0.3) is 0 Å². The average Bonchev–Trinajstić information content (AvgIpc) is 3.40. The predicted molar refractivity (Wildman–Crippen MR) is 136 cm³/mol. The number of amides is 2. The number of nitrogens with one attached hydrogen (secondary N) is 2. The number of hydrazone groups is 1. The molecule has 1 aliphatic rings. The molecule has 0 aliphatic carbocycles. The van der Waals surface area contributed by atoms with Gasteiger partial charge in [0.05, 0.1) is 24.3 Å². The second kappa shape index (κ2) is 12.2. The van der Waals surface area contributed by atoms with Crippen LogP contribution in [0, 0.1) is 10.1 Å². The lowest BCUT2D eigenvalue weighted by molar-refractivity contribution is -0.384. The standard InChI is InChI=1S/C26H24N4O8/c1-2-35-23-11-18(5-9-21(23)36-15-17-3-7-20(8-4-17)30(33)34)13-28-29-25(31)14-27-26(32)19-6-10-22-24(12-19)38-16-37-22/h3-13H,2,14-16H2,1H3,(H,27,32)(H,29,31). The Hall–Kier alpha value is -5.13. The molecule has 0 saturated heterocycles. The molecular formula is C26H24N4O8. The Kier molecular flexibility index (Phi) is 8.34. The van der Waals surface area contributed by atoms with Gasteiger partial charge in [-0.1, -0.05) is 0 Å². The van der Waals surface area contributed by atoms with Gasteiger partial charge in [-0.25, -0.2) is 5.43 Å². The summed E-state index contributed by atoms with van der Waals surface area (Å²) in [6, 6.07) is 16.0. The van der Waals surface area contributed by atoms with Crippen LogP contribution >= 0.6 is 0 Å². The number of nitrogens with zero attached hydrogens (tertiary/aromatic N) is 2. The molecule has 3 aromatic rings. The third-order valence-electron chi connectivity index (χ3n) is 5.26. The number of benzene rings is 3. The quantitative estimate of drug-likeness (QED) is 0.222. The first-order chi connectivity index (χ1) is 18.4. The molecule has 38 heavy (non-hydrogen) atoms. The minimum absolute atomic E-state index is 0.00608. The minimum atomic E-state index is -0.511. The molecule has 2 amide bonds. The van der Waals surface area contributed by atoms with Gasteiger partial charge in [0, 0.05) is 17.7 Å². The van der Waals surface area contributed by atoms with E-state index in [2.05, 4.69) is 15.8 Å². The van der Waals surface area contributed by atoms with Crippen molar-refractivity contribution in [2.45, 2.75) is 13.5 Å². The van der Waals surface area contributed by atoms with Gasteiger partial charge in [0.2, 0.25) is 6.79 Å². The molecule has 12 nitrogen and oxygen atoms in total.